The van der Waals surface area contributed by atoms with E-state index in [0.717, 1.165) is 11.1 Å². The van der Waals surface area contributed by atoms with Crippen LogP contribution in [0.5, 0.6) is 11.5 Å². The standard InChI is InChI=1S/C36H38O9/c1-24-8-7-11-30(37)10-6-4-5-9-29-20-31(43-22-25-12-16-27(17-13-25)34(38)41-2)21-32(33(29)36(40)45-24)44-23-26-14-18-28(19-15-26)35(39)42-3/h5,9,12-21,24H,4,6-8,10-11,22-23H2,1-3H3/b9-5+/t24-/m1/s1. The fourth-order valence-electron chi connectivity index (χ4n) is 4.83. The van der Waals surface area contributed by atoms with Gasteiger partial charge in [-0.05, 0) is 79.6 Å². The topological polar surface area (TPSA) is 114 Å². The minimum atomic E-state index is -0.536. The Bertz CT molecular complexity index is 1520. The van der Waals surface area contributed by atoms with Gasteiger partial charge in [0, 0.05) is 18.9 Å². The molecule has 0 unspecified atom stereocenters. The molecule has 1 aliphatic rings. The summed E-state index contributed by atoms with van der Waals surface area (Å²) in [6, 6.07) is 17.1. The largest absolute Gasteiger partial charge is 0.489 e. The number of benzene rings is 3. The highest BCUT2D eigenvalue weighted by atomic mass is 16.5. The Balaban J connectivity index is 1.65. The molecule has 236 valence electrons. The van der Waals surface area contributed by atoms with Gasteiger partial charge in [-0.3, -0.25) is 4.79 Å². The van der Waals surface area contributed by atoms with Crippen molar-refractivity contribution in [3.63, 3.8) is 0 Å². The molecule has 0 N–H and O–H groups in total. The fourth-order valence-corrected chi connectivity index (χ4v) is 4.83. The number of esters is 3. The third-order valence-electron chi connectivity index (χ3n) is 7.36. The molecule has 1 atom stereocenters. The Morgan fingerprint density at radius 3 is 1.98 bits per heavy atom. The summed E-state index contributed by atoms with van der Waals surface area (Å²) in [7, 11) is 2.65. The van der Waals surface area contributed by atoms with Crippen LogP contribution >= 0.6 is 0 Å². The molecule has 3 aromatic carbocycles. The molecule has 4 rings (SSSR count). The molecule has 0 aromatic heterocycles. The van der Waals surface area contributed by atoms with E-state index in [-0.39, 0.29) is 30.3 Å². The summed E-state index contributed by atoms with van der Waals surface area (Å²) in [6.45, 7) is 2.12. The first-order valence-corrected chi connectivity index (χ1v) is 14.9. The van der Waals surface area contributed by atoms with Gasteiger partial charge < -0.3 is 23.7 Å². The summed E-state index contributed by atoms with van der Waals surface area (Å²) in [5, 5.41) is 0. The molecule has 0 spiro atoms. The van der Waals surface area contributed by atoms with Crippen LogP contribution < -0.4 is 9.47 Å². The van der Waals surface area contributed by atoms with Crippen LogP contribution in [0.4, 0.5) is 0 Å². The van der Waals surface area contributed by atoms with Crippen LogP contribution in [0.25, 0.3) is 6.08 Å². The second-order valence-corrected chi connectivity index (χ2v) is 10.8. The third kappa shape index (κ3) is 9.53. The Labute approximate surface area is 263 Å². The van der Waals surface area contributed by atoms with Crippen molar-refractivity contribution in [1.82, 2.24) is 0 Å². The number of hydrogen-bond acceptors (Lipinski definition) is 9. The molecule has 9 nitrogen and oxygen atoms in total. The van der Waals surface area contributed by atoms with Gasteiger partial charge in [0.05, 0.1) is 31.5 Å². The maximum Gasteiger partial charge on any atom is 0.342 e. The van der Waals surface area contributed by atoms with E-state index in [1.165, 1.54) is 14.2 Å². The Morgan fingerprint density at radius 2 is 1.38 bits per heavy atom. The van der Waals surface area contributed by atoms with Gasteiger partial charge in [0.25, 0.3) is 0 Å². The van der Waals surface area contributed by atoms with Gasteiger partial charge in [-0.2, -0.15) is 0 Å². The fraction of sp³-hybridized carbons (Fsp3) is 0.333. The van der Waals surface area contributed by atoms with Gasteiger partial charge in [0.1, 0.15) is 36.1 Å². The van der Waals surface area contributed by atoms with Crippen LogP contribution in [-0.2, 0) is 32.2 Å². The normalized spacial score (nSPS) is 16.4. The van der Waals surface area contributed by atoms with E-state index in [1.54, 1.807) is 60.7 Å². The number of hydrogen-bond donors (Lipinski definition) is 0. The first-order valence-electron chi connectivity index (χ1n) is 14.9. The molecule has 0 radical (unpaired) electrons. The Morgan fingerprint density at radius 1 is 0.800 bits per heavy atom. The van der Waals surface area contributed by atoms with Crippen molar-refractivity contribution in [2.75, 3.05) is 14.2 Å². The summed E-state index contributed by atoms with van der Waals surface area (Å²) in [4.78, 5) is 49.5. The number of rotatable bonds is 8. The minimum absolute atomic E-state index is 0.112. The average molecular weight is 615 g/mol. The summed E-state index contributed by atoms with van der Waals surface area (Å²) >= 11 is 0. The Hall–Kier alpha value is -4.92. The quantitative estimate of drug-likeness (QED) is 0.197. The van der Waals surface area contributed by atoms with Crippen molar-refractivity contribution in [3.8, 4) is 11.5 Å². The minimum Gasteiger partial charge on any atom is -0.489 e. The van der Waals surface area contributed by atoms with Crippen molar-refractivity contribution in [2.45, 2.75) is 64.8 Å². The van der Waals surface area contributed by atoms with Crippen LogP contribution in [0.1, 0.15) is 93.2 Å². The van der Waals surface area contributed by atoms with E-state index in [1.807, 2.05) is 19.1 Å². The molecule has 45 heavy (non-hydrogen) atoms. The number of carbonyl (C=O) groups is 4. The molecule has 0 saturated carbocycles. The highest BCUT2D eigenvalue weighted by Crippen LogP contribution is 2.33. The number of cyclic esters (lactones) is 1. The first-order chi connectivity index (χ1) is 21.8. The van der Waals surface area contributed by atoms with Crippen molar-refractivity contribution >= 4 is 29.8 Å². The second kappa shape index (κ2) is 16.2. The molecule has 0 aliphatic carbocycles. The van der Waals surface area contributed by atoms with Gasteiger partial charge in [-0.15, -0.1) is 0 Å². The van der Waals surface area contributed by atoms with E-state index < -0.39 is 24.0 Å². The summed E-state index contributed by atoms with van der Waals surface area (Å²) in [6.07, 6.45) is 6.93. The van der Waals surface area contributed by atoms with E-state index >= 15 is 0 Å². The van der Waals surface area contributed by atoms with Crippen LogP contribution in [-0.4, -0.2) is 44.0 Å². The monoisotopic (exact) mass is 614 g/mol. The van der Waals surface area contributed by atoms with Crippen LogP contribution in [0.3, 0.4) is 0 Å². The maximum atomic E-state index is 13.6. The zero-order valence-corrected chi connectivity index (χ0v) is 25.8. The SMILES string of the molecule is COC(=O)c1ccc(COc2cc3c(c(OCc4ccc(C(=O)OC)cc4)c2)C(=O)O[C@H](C)CCCC(=O)CCC/C=C/3)cc1. The lowest BCUT2D eigenvalue weighted by Crippen LogP contribution is -2.18. The summed E-state index contributed by atoms with van der Waals surface area (Å²) < 4.78 is 27.7. The molecule has 1 aliphatic heterocycles. The van der Waals surface area contributed by atoms with Crippen molar-refractivity contribution in [3.05, 3.63) is 100 Å². The third-order valence-corrected chi connectivity index (χ3v) is 7.36. The molecule has 1 heterocycles. The summed E-state index contributed by atoms with van der Waals surface area (Å²) in [5.74, 6) is -0.440. The second-order valence-electron chi connectivity index (χ2n) is 10.8. The van der Waals surface area contributed by atoms with Crippen LogP contribution in [0.2, 0.25) is 0 Å². The van der Waals surface area contributed by atoms with E-state index in [9.17, 15) is 19.2 Å². The van der Waals surface area contributed by atoms with E-state index in [2.05, 4.69) is 0 Å². The number of ether oxygens (including phenoxy) is 5. The van der Waals surface area contributed by atoms with Gasteiger partial charge in [0.15, 0.2) is 0 Å². The van der Waals surface area contributed by atoms with Crippen molar-refractivity contribution < 1.29 is 42.9 Å². The number of ketones is 1. The van der Waals surface area contributed by atoms with E-state index in [4.69, 9.17) is 23.7 Å². The van der Waals surface area contributed by atoms with Gasteiger partial charge in [-0.25, -0.2) is 14.4 Å². The number of allylic oxidation sites excluding steroid dienone is 1. The van der Waals surface area contributed by atoms with Crippen molar-refractivity contribution in [2.24, 2.45) is 0 Å². The first kappa shape index (κ1) is 33.0. The van der Waals surface area contributed by atoms with Crippen LogP contribution in [0, 0.1) is 0 Å². The maximum absolute atomic E-state index is 13.6. The molecule has 0 bridgehead atoms. The molecule has 3 aromatic rings. The van der Waals surface area contributed by atoms with E-state index in [0.29, 0.717) is 61.0 Å². The predicted molar refractivity (Wildman–Crippen MR) is 167 cm³/mol. The number of carbonyl (C=O) groups excluding carboxylic acids is 4. The molecule has 0 saturated heterocycles. The van der Waals surface area contributed by atoms with Gasteiger partial charge in [0.2, 0.25) is 0 Å². The molecular formula is C36H38O9. The van der Waals surface area contributed by atoms with Crippen molar-refractivity contribution in [1.29, 1.82) is 0 Å². The highest BCUT2D eigenvalue weighted by molar-refractivity contribution is 5.97. The predicted octanol–water partition coefficient (Wildman–Crippen LogP) is 6.90. The lowest BCUT2D eigenvalue weighted by Gasteiger charge is -2.19. The smallest absolute Gasteiger partial charge is 0.342 e. The number of fused-ring (bicyclic) bond motifs is 1. The average Bonchev–Trinajstić information content (AvgIpc) is 3.05. The molecule has 0 amide bonds. The molecule has 0 fully saturated rings. The molecule has 9 heteroatoms. The zero-order chi connectivity index (χ0) is 32.2. The highest BCUT2D eigenvalue weighted by Gasteiger charge is 2.23. The van der Waals surface area contributed by atoms with Gasteiger partial charge in [-0.1, -0.05) is 36.4 Å². The lowest BCUT2D eigenvalue weighted by atomic mass is 10.0. The van der Waals surface area contributed by atoms with Gasteiger partial charge >= 0.3 is 17.9 Å². The lowest BCUT2D eigenvalue weighted by molar-refractivity contribution is -0.119. The number of methoxy groups -OCH3 is 2. The molecular weight excluding hydrogens is 576 g/mol. The number of Topliss-reactive ketones (excluding diaryl/α,β-unsaturated/α-hetero) is 1. The zero-order valence-electron chi connectivity index (χ0n) is 25.8. The van der Waals surface area contributed by atoms with Crippen LogP contribution in [0.15, 0.2) is 66.7 Å². The Kier molecular flexibility index (Phi) is 11.9. The summed E-state index contributed by atoms with van der Waals surface area (Å²) in [5.41, 5.74) is 3.28.